The Balaban J connectivity index is 1.92. The molecule has 1 aliphatic heterocycles. The Morgan fingerprint density at radius 1 is 1.19 bits per heavy atom. The molecule has 0 aliphatic carbocycles. The normalized spacial score (nSPS) is 15.9. The van der Waals surface area contributed by atoms with Crippen molar-refractivity contribution in [3.63, 3.8) is 0 Å². The Morgan fingerprint density at radius 3 is 2.67 bits per heavy atom. The molecule has 3 rings (SSSR count). The largest absolute Gasteiger partial charge is 0.488 e. The summed E-state index contributed by atoms with van der Waals surface area (Å²) in [7, 11) is 1.27. The lowest BCUT2D eigenvalue weighted by Crippen LogP contribution is -2.52. The number of imide groups is 2. The fourth-order valence-electron chi connectivity index (χ4n) is 2.44. The molecule has 1 aliphatic rings. The number of rotatable bonds is 4. The number of ether oxygens (including phenoxy) is 1. The highest BCUT2D eigenvalue weighted by Crippen LogP contribution is 2.27. The fourth-order valence-corrected chi connectivity index (χ4v) is 2.81. The number of likely N-dealkylation sites (N-methyl/N-ethyl adjacent to an activating group) is 1. The van der Waals surface area contributed by atoms with Crippen LogP contribution in [-0.4, -0.2) is 29.8 Å². The van der Waals surface area contributed by atoms with Gasteiger partial charge >= 0.3 is 6.03 Å². The number of hydrogen-bond donors (Lipinski definition) is 1. The van der Waals surface area contributed by atoms with E-state index in [0.717, 1.165) is 4.90 Å². The quantitative estimate of drug-likeness (QED) is 0.594. The molecule has 0 spiro atoms. The lowest BCUT2D eigenvalue weighted by atomic mass is 10.1. The minimum Gasteiger partial charge on any atom is -0.488 e. The van der Waals surface area contributed by atoms with Gasteiger partial charge in [0.05, 0.1) is 0 Å². The van der Waals surface area contributed by atoms with Crippen LogP contribution >= 0.6 is 15.9 Å². The SMILES string of the molecule is CN1C(=O)NC(=O)/C(=C/c2cc(Br)ccc2OCc2ccccc2F)C1=O. The number of nitrogens with zero attached hydrogens (tertiary/aromatic N) is 1. The third kappa shape index (κ3) is 4.06. The molecule has 1 heterocycles. The highest BCUT2D eigenvalue weighted by Gasteiger charge is 2.33. The van der Waals surface area contributed by atoms with Gasteiger partial charge in [0.1, 0.15) is 23.7 Å². The molecule has 0 aromatic heterocycles. The van der Waals surface area contributed by atoms with Crippen molar-refractivity contribution in [2.24, 2.45) is 0 Å². The molecule has 0 unspecified atom stereocenters. The van der Waals surface area contributed by atoms with E-state index in [1.165, 1.54) is 19.2 Å². The first-order chi connectivity index (χ1) is 12.9. The fraction of sp³-hybridized carbons (Fsp3) is 0.105. The smallest absolute Gasteiger partial charge is 0.331 e. The molecule has 0 bridgehead atoms. The van der Waals surface area contributed by atoms with Crippen molar-refractivity contribution < 1.29 is 23.5 Å². The first-order valence-electron chi connectivity index (χ1n) is 7.87. The van der Waals surface area contributed by atoms with Crippen LogP contribution < -0.4 is 10.1 Å². The maximum absolute atomic E-state index is 13.8. The van der Waals surface area contributed by atoms with E-state index in [2.05, 4.69) is 21.2 Å². The first kappa shape index (κ1) is 18.8. The second-order valence-electron chi connectivity index (χ2n) is 5.74. The van der Waals surface area contributed by atoms with E-state index in [-0.39, 0.29) is 12.2 Å². The number of amides is 4. The van der Waals surface area contributed by atoms with Gasteiger partial charge in [-0.2, -0.15) is 0 Å². The van der Waals surface area contributed by atoms with E-state index >= 15 is 0 Å². The van der Waals surface area contributed by atoms with E-state index < -0.39 is 23.7 Å². The number of urea groups is 1. The van der Waals surface area contributed by atoms with E-state index in [0.29, 0.717) is 21.3 Å². The van der Waals surface area contributed by atoms with E-state index in [9.17, 15) is 18.8 Å². The zero-order valence-corrected chi connectivity index (χ0v) is 15.7. The second kappa shape index (κ2) is 7.71. The summed E-state index contributed by atoms with van der Waals surface area (Å²) in [5.74, 6) is -1.54. The molecular formula is C19H14BrFN2O4. The summed E-state index contributed by atoms with van der Waals surface area (Å²) in [6.45, 7) is -0.0248. The molecular weight excluding hydrogens is 419 g/mol. The third-order valence-corrected chi connectivity index (χ3v) is 4.41. The Morgan fingerprint density at radius 2 is 1.93 bits per heavy atom. The predicted molar refractivity (Wildman–Crippen MR) is 99.2 cm³/mol. The Bertz CT molecular complexity index is 974. The van der Waals surface area contributed by atoms with Crippen molar-refractivity contribution in [2.45, 2.75) is 6.61 Å². The molecule has 1 N–H and O–H groups in total. The Kier molecular flexibility index (Phi) is 5.36. The molecule has 8 heteroatoms. The van der Waals surface area contributed by atoms with Gasteiger partial charge in [0, 0.05) is 22.6 Å². The number of hydrogen-bond acceptors (Lipinski definition) is 4. The first-order valence-corrected chi connectivity index (χ1v) is 8.67. The van der Waals surface area contributed by atoms with Crippen molar-refractivity contribution in [1.29, 1.82) is 0 Å². The van der Waals surface area contributed by atoms with Crippen LogP contribution in [0.4, 0.5) is 9.18 Å². The van der Waals surface area contributed by atoms with Gasteiger partial charge < -0.3 is 4.74 Å². The summed E-state index contributed by atoms with van der Waals surface area (Å²) < 4.78 is 20.2. The van der Waals surface area contributed by atoms with Gasteiger partial charge in [-0.15, -0.1) is 0 Å². The van der Waals surface area contributed by atoms with Crippen LogP contribution in [0.2, 0.25) is 0 Å². The number of halogens is 2. The van der Waals surface area contributed by atoms with Crippen LogP contribution in [0.5, 0.6) is 5.75 Å². The molecule has 27 heavy (non-hydrogen) atoms. The molecule has 4 amide bonds. The summed E-state index contributed by atoms with van der Waals surface area (Å²) in [6.07, 6.45) is 1.34. The molecule has 0 saturated carbocycles. The average molecular weight is 433 g/mol. The van der Waals surface area contributed by atoms with Gasteiger partial charge in [0.2, 0.25) is 0 Å². The number of benzene rings is 2. The van der Waals surface area contributed by atoms with Crippen LogP contribution in [0.1, 0.15) is 11.1 Å². The van der Waals surface area contributed by atoms with Gasteiger partial charge in [-0.1, -0.05) is 34.1 Å². The van der Waals surface area contributed by atoms with E-state index in [1.54, 1.807) is 36.4 Å². The predicted octanol–water partition coefficient (Wildman–Crippen LogP) is 3.26. The van der Waals surface area contributed by atoms with Gasteiger partial charge in [-0.25, -0.2) is 9.18 Å². The zero-order chi connectivity index (χ0) is 19.6. The van der Waals surface area contributed by atoms with Crippen LogP contribution in [0.3, 0.4) is 0 Å². The van der Waals surface area contributed by atoms with Crippen LogP contribution in [0.15, 0.2) is 52.5 Å². The topological polar surface area (TPSA) is 75.7 Å². The molecule has 0 radical (unpaired) electrons. The maximum atomic E-state index is 13.8. The molecule has 1 saturated heterocycles. The number of carbonyl (C=O) groups excluding carboxylic acids is 3. The number of carbonyl (C=O) groups is 3. The highest BCUT2D eigenvalue weighted by atomic mass is 79.9. The van der Waals surface area contributed by atoms with E-state index in [4.69, 9.17) is 4.74 Å². The van der Waals surface area contributed by atoms with Crippen LogP contribution in [0, 0.1) is 5.82 Å². The lowest BCUT2D eigenvalue weighted by Gasteiger charge is -2.22. The molecule has 6 nitrogen and oxygen atoms in total. The average Bonchev–Trinajstić information content (AvgIpc) is 2.64. The number of nitrogens with one attached hydrogen (secondary N) is 1. The van der Waals surface area contributed by atoms with Gasteiger partial charge in [-0.3, -0.25) is 19.8 Å². The summed E-state index contributed by atoms with van der Waals surface area (Å²) in [6, 6.07) is 10.4. The standard InChI is InChI=1S/C19H14BrFN2O4/c1-23-18(25)14(17(24)22-19(23)26)9-12-8-13(20)6-7-16(12)27-10-11-4-2-3-5-15(11)21/h2-9H,10H2,1H3,(H,22,24,26)/b14-9-. The van der Waals surface area contributed by atoms with Gasteiger partial charge in [-0.05, 0) is 30.3 Å². The molecule has 138 valence electrons. The monoisotopic (exact) mass is 432 g/mol. The third-order valence-electron chi connectivity index (χ3n) is 3.92. The molecule has 2 aromatic rings. The van der Waals surface area contributed by atoms with E-state index in [1.807, 2.05) is 0 Å². The van der Waals surface area contributed by atoms with Crippen molar-refractivity contribution in [3.8, 4) is 5.75 Å². The zero-order valence-electron chi connectivity index (χ0n) is 14.2. The second-order valence-corrected chi connectivity index (χ2v) is 6.66. The summed E-state index contributed by atoms with van der Waals surface area (Å²) in [5.41, 5.74) is 0.601. The maximum Gasteiger partial charge on any atom is 0.331 e. The minimum absolute atomic E-state index is 0.0248. The summed E-state index contributed by atoms with van der Waals surface area (Å²) >= 11 is 3.33. The summed E-state index contributed by atoms with van der Waals surface area (Å²) in [5, 5.41) is 2.09. The minimum atomic E-state index is -0.789. The van der Waals surface area contributed by atoms with Crippen molar-refractivity contribution in [1.82, 2.24) is 10.2 Å². The Labute approximate surface area is 162 Å². The Hall–Kier alpha value is -3.00. The van der Waals surface area contributed by atoms with Gasteiger partial charge in [0.25, 0.3) is 11.8 Å². The molecule has 1 fully saturated rings. The van der Waals surface area contributed by atoms with Crippen molar-refractivity contribution in [2.75, 3.05) is 7.05 Å². The van der Waals surface area contributed by atoms with Crippen molar-refractivity contribution >= 4 is 39.9 Å². The van der Waals surface area contributed by atoms with Gasteiger partial charge in [0.15, 0.2) is 0 Å². The highest BCUT2D eigenvalue weighted by molar-refractivity contribution is 9.10. The lowest BCUT2D eigenvalue weighted by molar-refractivity contribution is -0.129. The van der Waals surface area contributed by atoms with Crippen molar-refractivity contribution in [3.05, 3.63) is 69.5 Å². The van der Waals surface area contributed by atoms with Crippen LogP contribution in [-0.2, 0) is 16.2 Å². The molecule has 0 atom stereocenters. The molecule has 2 aromatic carbocycles. The number of barbiturate groups is 1. The summed E-state index contributed by atoms with van der Waals surface area (Å²) in [4.78, 5) is 36.6. The van der Waals surface area contributed by atoms with Crippen LogP contribution in [0.25, 0.3) is 6.08 Å².